The third kappa shape index (κ3) is 5.12. The van der Waals surface area contributed by atoms with E-state index in [2.05, 4.69) is 69.9 Å². The Morgan fingerprint density at radius 2 is 1.63 bits per heavy atom. The van der Waals surface area contributed by atoms with Gasteiger partial charge < -0.3 is 5.11 Å². The second-order valence-electron chi connectivity index (χ2n) is 9.08. The second kappa shape index (κ2) is 8.33. The minimum Gasteiger partial charge on any atom is -0.507 e. The summed E-state index contributed by atoms with van der Waals surface area (Å²) >= 11 is 0. The third-order valence-corrected chi connectivity index (χ3v) is 6.84. The first-order chi connectivity index (χ1) is 12.7. The van der Waals surface area contributed by atoms with Crippen LogP contribution < -0.4 is 10.6 Å². The van der Waals surface area contributed by atoms with Crippen LogP contribution in [0.2, 0.25) is 0 Å². The summed E-state index contributed by atoms with van der Waals surface area (Å²) in [6.07, 6.45) is 4.00. The largest absolute Gasteiger partial charge is 0.507 e. The normalized spacial score (nSPS) is 16.3. The Balaban J connectivity index is 1.93. The lowest BCUT2D eigenvalue weighted by Gasteiger charge is -2.28. The lowest BCUT2D eigenvalue weighted by Crippen LogP contribution is -2.30. The topological polar surface area (TPSA) is 23.5 Å². The Labute approximate surface area is 166 Å². The van der Waals surface area contributed by atoms with Crippen molar-refractivity contribution in [2.75, 3.05) is 13.1 Å². The zero-order valence-corrected chi connectivity index (χ0v) is 18.5. The van der Waals surface area contributed by atoms with Gasteiger partial charge in [-0.15, -0.1) is 0 Å². The SMILES string of the molecule is Cc1ccc(Pc2cc(C)cc(C(C)(C)C)c2O)c(CN2CCCCC2)c1. The maximum Gasteiger partial charge on any atom is 0.127 e. The average molecular weight is 384 g/mol. The smallest absolute Gasteiger partial charge is 0.127 e. The molecule has 1 unspecified atom stereocenters. The van der Waals surface area contributed by atoms with Gasteiger partial charge >= 0.3 is 0 Å². The molecule has 0 aromatic heterocycles. The van der Waals surface area contributed by atoms with Gasteiger partial charge in [0.25, 0.3) is 0 Å². The number of phenolic OH excluding ortho intramolecular Hbond substituents is 1. The summed E-state index contributed by atoms with van der Waals surface area (Å²) in [5.41, 5.74) is 4.96. The molecule has 0 aliphatic carbocycles. The van der Waals surface area contributed by atoms with Crippen molar-refractivity contribution in [1.29, 1.82) is 0 Å². The molecule has 1 atom stereocenters. The van der Waals surface area contributed by atoms with E-state index in [1.807, 2.05) is 0 Å². The summed E-state index contributed by atoms with van der Waals surface area (Å²) in [6.45, 7) is 14.3. The van der Waals surface area contributed by atoms with E-state index < -0.39 is 0 Å². The number of nitrogens with zero attached hydrogens (tertiary/aromatic N) is 1. The first-order valence-corrected chi connectivity index (χ1v) is 11.2. The van der Waals surface area contributed by atoms with Crippen molar-refractivity contribution in [2.24, 2.45) is 0 Å². The molecule has 0 spiro atoms. The average Bonchev–Trinajstić information content (AvgIpc) is 2.60. The van der Waals surface area contributed by atoms with Crippen LogP contribution in [0.1, 0.15) is 62.3 Å². The first-order valence-electron chi connectivity index (χ1n) is 10.2. The van der Waals surface area contributed by atoms with Crippen molar-refractivity contribution in [3.8, 4) is 5.75 Å². The maximum atomic E-state index is 11.0. The van der Waals surface area contributed by atoms with E-state index in [4.69, 9.17) is 0 Å². The van der Waals surface area contributed by atoms with Gasteiger partial charge in [0.05, 0.1) is 0 Å². The van der Waals surface area contributed by atoms with E-state index in [9.17, 15) is 5.11 Å². The standard InChI is InChI=1S/C24H34NOP/c1-17-9-10-21(19(13-17)16-25-11-7-6-8-12-25)27-22-15-18(2)14-20(23(22)26)24(3,4)5/h9-10,13-15,26-27H,6-8,11-12,16H2,1-5H3. The lowest BCUT2D eigenvalue weighted by atomic mass is 9.85. The fourth-order valence-electron chi connectivity index (χ4n) is 3.92. The Kier molecular flexibility index (Phi) is 6.28. The van der Waals surface area contributed by atoms with Gasteiger partial charge in [0.2, 0.25) is 0 Å². The van der Waals surface area contributed by atoms with Crippen LogP contribution in [-0.2, 0) is 12.0 Å². The molecule has 3 heteroatoms. The van der Waals surface area contributed by atoms with Crippen LogP contribution in [-0.4, -0.2) is 23.1 Å². The maximum absolute atomic E-state index is 11.0. The van der Waals surface area contributed by atoms with Gasteiger partial charge in [-0.2, -0.15) is 0 Å². The highest BCUT2D eigenvalue weighted by molar-refractivity contribution is 7.55. The molecule has 2 nitrogen and oxygen atoms in total. The molecule has 0 saturated carbocycles. The summed E-state index contributed by atoms with van der Waals surface area (Å²) in [6, 6.07) is 11.1. The minimum atomic E-state index is -0.0563. The molecule has 0 amide bonds. The highest BCUT2D eigenvalue weighted by Gasteiger charge is 2.21. The fraction of sp³-hybridized carbons (Fsp3) is 0.500. The molecule has 0 radical (unpaired) electrons. The quantitative estimate of drug-likeness (QED) is 0.758. The van der Waals surface area contributed by atoms with Crippen LogP contribution in [0.25, 0.3) is 0 Å². The molecule has 3 rings (SSSR count). The van der Waals surface area contributed by atoms with Crippen LogP contribution in [0.15, 0.2) is 30.3 Å². The van der Waals surface area contributed by atoms with Gasteiger partial charge in [-0.25, -0.2) is 0 Å². The molecular weight excluding hydrogens is 349 g/mol. The van der Waals surface area contributed by atoms with Crippen LogP contribution in [0.3, 0.4) is 0 Å². The summed E-state index contributed by atoms with van der Waals surface area (Å²) < 4.78 is 0. The lowest BCUT2D eigenvalue weighted by molar-refractivity contribution is 0.221. The number of likely N-dealkylation sites (tertiary alicyclic amines) is 1. The van der Waals surface area contributed by atoms with Crippen LogP contribution >= 0.6 is 8.58 Å². The number of piperidine rings is 1. The Morgan fingerprint density at radius 3 is 2.30 bits per heavy atom. The molecule has 1 saturated heterocycles. The van der Waals surface area contributed by atoms with Crippen molar-refractivity contribution in [2.45, 2.75) is 65.8 Å². The van der Waals surface area contributed by atoms with E-state index in [-0.39, 0.29) is 5.41 Å². The number of rotatable bonds is 4. The van der Waals surface area contributed by atoms with Gasteiger partial charge in [0, 0.05) is 17.4 Å². The van der Waals surface area contributed by atoms with E-state index in [0.717, 1.165) is 17.4 Å². The summed E-state index contributed by atoms with van der Waals surface area (Å²) in [5.74, 6) is 0.482. The van der Waals surface area contributed by atoms with Crippen molar-refractivity contribution >= 4 is 19.2 Å². The number of aromatic hydroxyl groups is 1. The Bertz CT molecular complexity index is 801. The number of aryl methyl sites for hydroxylation is 2. The van der Waals surface area contributed by atoms with Gasteiger partial charge in [-0.05, 0) is 67.7 Å². The summed E-state index contributed by atoms with van der Waals surface area (Å²) in [7, 11) is 0.487. The third-order valence-electron chi connectivity index (χ3n) is 5.43. The summed E-state index contributed by atoms with van der Waals surface area (Å²) in [5, 5.41) is 13.4. The van der Waals surface area contributed by atoms with Crippen molar-refractivity contribution in [1.82, 2.24) is 4.90 Å². The monoisotopic (exact) mass is 383 g/mol. The molecule has 2 aromatic rings. The molecule has 27 heavy (non-hydrogen) atoms. The minimum absolute atomic E-state index is 0.0563. The van der Waals surface area contributed by atoms with E-state index in [1.165, 1.54) is 54.3 Å². The van der Waals surface area contributed by atoms with Crippen molar-refractivity contribution < 1.29 is 5.11 Å². The van der Waals surface area contributed by atoms with E-state index in [1.54, 1.807) is 0 Å². The molecule has 1 aliphatic heterocycles. The highest BCUT2D eigenvalue weighted by Crippen LogP contribution is 2.33. The number of hydrogen-bond acceptors (Lipinski definition) is 2. The zero-order valence-electron chi connectivity index (χ0n) is 17.5. The van der Waals surface area contributed by atoms with E-state index in [0.29, 0.717) is 14.3 Å². The van der Waals surface area contributed by atoms with Gasteiger partial charge in [-0.3, -0.25) is 4.90 Å². The predicted molar refractivity (Wildman–Crippen MR) is 119 cm³/mol. The van der Waals surface area contributed by atoms with Crippen LogP contribution in [0.5, 0.6) is 5.75 Å². The number of hydrogen-bond donors (Lipinski definition) is 1. The van der Waals surface area contributed by atoms with E-state index >= 15 is 0 Å². The van der Waals surface area contributed by atoms with Crippen LogP contribution in [0, 0.1) is 13.8 Å². The van der Waals surface area contributed by atoms with Crippen molar-refractivity contribution in [3.05, 3.63) is 52.6 Å². The van der Waals surface area contributed by atoms with Gasteiger partial charge in [-0.1, -0.05) is 65.6 Å². The fourth-order valence-corrected chi connectivity index (χ4v) is 5.25. The highest BCUT2D eigenvalue weighted by atomic mass is 31.1. The molecule has 146 valence electrons. The van der Waals surface area contributed by atoms with Gasteiger partial charge in [0.15, 0.2) is 0 Å². The molecule has 0 bridgehead atoms. The molecule has 1 heterocycles. The zero-order chi connectivity index (χ0) is 19.6. The first kappa shape index (κ1) is 20.4. The molecule has 1 N–H and O–H groups in total. The number of benzene rings is 2. The Hall–Kier alpha value is -1.37. The molecule has 1 aliphatic rings. The van der Waals surface area contributed by atoms with Crippen LogP contribution in [0.4, 0.5) is 0 Å². The summed E-state index contributed by atoms with van der Waals surface area (Å²) in [4.78, 5) is 2.59. The molecular formula is C24H34NOP. The second-order valence-corrected chi connectivity index (χ2v) is 10.4. The Morgan fingerprint density at radius 1 is 0.926 bits per heavy atom. The van der Waals surface area contributed by atoms with Gasteiger partial charge in [0.1, 0.15) is 5.75 Å². The van der Waals surface area contributed by atoms with Crippen molar-refractivity contribution in [3.63, 3.8) is 0 Å². The predicted octanol–water partition coefficient (Wildman–Crippen LogP) is 4.92. The number of phenols is 1. The molecule has 1 fully saturated rings. The molecule has 2 aromatic carbocycles.